The topological polar surface area (TPSA) is 99.4 Å². The fourth-order valence-corrected chi connectivity index (χ4v) is 4.67. The van der Waals surface area contributed by atoms with Crippen molar-refractivity contribution in [2.75, 3.05) is 32.0 Å². The number of hydrogen-bond donors (Lipinski definition) is 2. The van der Waals surface area contributed by atoms with Crippen LogP contribution in [0.1, 0.15) is 5.56 Å². The van der Waals surface area contributed by atoms with Crippen molar-refractivity contribution in [1.29, 1.82) is 0 Å². The highest BCUT2D eigenvalue weighted by molar-refractivity contribution is 5.46. The van der Waals surface area contributed by atoms with Gasteiger partial charge in [0, 0.05) is 31.4 Å². The maximum absolute atomic E-state index is 12.0. The average molecular weight is 353 g/mol. The molecular weight excluding hydrogens is 330 g/mol. The Bertz CT molecular complexity index is 899. The highest BCUT2D eigenvalue weighted by Gasteiger charge is 2.55. The van der Waals surface area contributed by atoms with E-state index in [9.17, 15) is 4.79 Å². The number of rotatable bonds is 3. The molecule has 1 aromatic heterocycles. The number of aromatic nitrogens is 2. The third-order valence-electron chi connectivity index (χ3n) is 6.23. The Hall–Kier alpha value is -2.38. The van der Waals surface area contributed by atoms with E-state index in [2.05, 4.69) is 16.0 Å². The molecule has 0 spiro atoms. The second-order valence-electron chi connectivity index (χ2n) is 7.65. The van der Waals surface area contributed by atoms with Crippen LogP contribution < -0.4 is 21.9 Å². The first-order valence-electron chi connectivity index (χ1n) is 9.19. The van der Waals surface area contributed by atoms with Crippen molar-refractivity contribution in [3.05, 3.63) is 46.5 Å². The van der Waals surface area contributed by atoms with Crippen LogP contribution in [0.15, 0.2) is 35.3 Å². The Morgan fingerprint density at radius 2 is 2.04 bits per heavy atom. The van der Waals surface area contributed by atoms with Crippen LogP contribution in [0.25, 0.3) is 5.69 Å². The first-order valence-corrected chi connectivity index (χ1v) is 9.19. The van der Waals surface area contributed by atoms with Gasteiger partial charge in [0.05, 0.1) is 5.69 Å². The first kappa shape index (κ1) is 15.8. The van der Waals surface area contributed by atoms with Crippen molar-refractivity contribution in [3.8, 4) is 11.4 Å². The molecule has 0 bridgehead atoms. The molecule has 1 saturated carbocycles. The quantitative estimate of drug-likeness (QED) is 0.821. The zero-order valence-corrected chi connectivity index (χ0v) is 14.5. The molecule has 2 aromatic rings. The van der Waals surface area contributed by atoms with Gasteiger partial charge in [0.2, 0.25) is 0 Å². The van der Waals surface area contributed by atoms with E-state index >= 15 is 0 Å². The summed E-state index contributed by atoms with van der Waals surface area (Å²) < 4.78 is 7.53. The molecule has 1 aromatic carbocycles. The van der Waals surface area contributed by atoms with E-state index in [0.29, 0.717) is 12.6 Å². The maximum Gasteiger partial charge on any atom is 0.354 e. The maximum atomic E-state index is 12.0. The molecule has 0 amide bonds. The van der Waals surface area contributed by atoms with Gasteiger partial charge in [0.15, 0.2) is 0 Å². The first-order chi connectivity index (χ1) is 12.6. The van der Waals surface area contributed by atoms with E-state index < -0.39 is 0 Å². The fraction of sp³-hybridized carbons (Fsp3) is 0.474. The molecule has 1 aliphatic carbocycles. The molecule has 7 heteroatoms. The average Bonchev–Trinajstić information content (AvgIpc) is 3.11. The number of fused-ring (bicyclic) bond motifs is 2. The summed E-state index contributed by atoms with van der Waals surface area (Å²) in [5, 5.41) is 0. The van der Waals surface area contributed by atoms with Crippen LogP contribution in [-0.2, 0) is 6.42 Å². The Balaban J connectivity index is 1.33. The SMILES string of the molecule is NCC1C2CN(C3COc4cc(-n5ccc(N)nc5=O)ccc4C3)CC12. The fourth-order valence-electron chi connectivity index (χ4n) is 4.67. The van der Waals surface area contributed by atoms with Crippen LogP contribution in [0, 0.1) is 17.8 Å². The molecule has 3 aliphatic rings. The molecule has 3 atom stereocenters. The van der Waals surface area contributed by atoms with Crippen LogP contribution in [0.2, 0.25) is 0 Å². The molecule has 7 nitrogen and oxygen atoms in total. The van der Waals surface area contributed by atoms with E-state index in [1.54, 1.807) is 12.3 Å². The van der Waals surface area contributed by atoms with Gasteiger partial charge >= 0.3 is 5.69 Å². The lowest BCUT2D eigenvalue weighted by atomic mass is 10.0. The molecule has 2 aliphatic heterocycles. The zero-order chi connectivity index (χ0) is 17.8. The molecular formula is C19H23N5O2. The lowest BCUT2D eigenvalue weighted by Gasteiger charge is -2.34. The zero-order valence-electron chi connectivity index (χ0n) is 14.5. The minimum Gasteiger partial charge on any atom is -0.492 e. The number of nitrogens with two attached hydrogens (primary N) is 2. The summed E-state index contributed by atoms with van der Waals surface area (Å²) in [5.41, 5.74) is 12.9. The predicted octanol–water partition coefficient (Wildman–Crippen LogP) is 0.255. The van der Waals surface area contributed by atoms with Crippen molar-refractivity contribution in [2.45, 2.75) is 12.5 Å². The van der Waals surface area contributed by atoms with E-state index in [0.717, 1.165) is 55.2 Å². The minimum atomic E-state index is -0.385. The van der Waals surface area contributed by atoms with Gasteiger partial charge in [-0.2, -0.15) is 4.98 Å². The van der Waals surface area contributed by atoms with Crippen molar-refractivity contribution in [3.63, 3.8) is 0 Å². The third-order valence-corrected chi connectivity index (χ3v) is 6.23. The summed E-state index contributed by atoms with van der Waals surface area (Å²) in [7, 11) is 0. The van der Waals surface area contributed by atoms with E-state index in [-0.39, 0.29) is 11.5 Å². The number of likely N-dealkylation sites (tertiary alicyclic amines) is 1. The highest BCUT2D eigenvalue weighted by atomic mass is 16.5. The molecule has 4 N–H and O–H groups in total. The molecule has 3 unspecified atom stereocenters. The van der Waals surface area contributed by atoms with Crippen LogP contribution in [0.3, 0.4) is 0 Å². The Labute approximate surface area is 151 Å². The van der Waals surface area contributed by atoms with Gasteiger partial charge in [-0.25, -0.2) is 4.79 Å². The minimum absolute atomic E-state index is 0.226. The van der Waals surface area contributed by atoms with Gasteiger partial charge < -0.3 is 16.2 Å². The molecule has 1 saturated heterocycles. The van der Waals surface area contributed by atoms with Gasteiger partial charge in [-0.05, 0) is 48.4 Å². The van der Waals surface area contributed by atoms with Gasteiger partial charge in [0.1, 0.15) is 18.2 Å². The van der Waals surface area contributed by atoms with Crippen LogP contribution >= 0.6 is 0 Å². The molecule has 2 fully saturated rings. The number of anilines is 1. The van der Waals surface area contributed by atoms with E-state index in [1.165, 1.54) is 10.1 Å². The van der Waals surface area contributed by atoms with Crippen LogP contribution in [0.4, 0.5) is 5.82 Å². The summed E-state index contributed by atoms with van der Waals surface area (Å²) in [6.45, 7) is 3.83. The second-order valence-corrected chi connectivity index (χ2v) is 7.65. The van der Waals surface area contributed by atoms with E-state index in [1.807, 2.05) is 12.1 Å². The third kappa shape index (κ3) is 2.50. The number of nitrogens with zero attached hydrogens (tertiary/aromatic N) is 3. The Morgan fingerprint density at radius 3 is 2.77 bits per heavy atom. The van der Waals surface area contributed by atoms with E-state index in [4.69, 9.17) is 16.2 Å². The summed E-state index contributed by atoms with van der Waals surface area (Å²) in [4.78, 5) is 18.4. The lowest BCUT2D eigenvalue weighted by molar-refractivity contribution is 0.126. The summed E-state index contributed by atoms with van der Waals surface area (Å²) in [5.74, 6) is 3.43. The monoisotopic (exact) mass is 353 g/mol. The molecule has 3 heterocycles. The normalized spacial score (nSPS) is 29.7. The second kappa shape index (κ2) is 5.82. The summed E-state index contributed by atoms with van der Waals surface area (Å²) in [6.07, 6.45) is 2.62. The largest absolute Gasteiger partial charge is 0.492 e. The molecule has 0 radical (unpaired) electrons. The number of piperidine rings is 1. The number of ether oxygens (including phenoxy) is 1. The Morgan fingerprint density at radius 1 is 1.23 bits per heavy atom. The standard InChI is InChI=1S/C19H23N5O2/c20-7-14-15-8-23(9-16(14)15)13-5-11-1-2-12(6-17(11)26-10-13)24-4-3-18(21)22-19(24)25/h1-4,6,13-16H,5,7-10,20H2,(H2,21,22,25). The lowest BCUT2D eigenvalue weighted by Crippen LogP contribution is -2.43. The number of benzene rings is 1. The van der Waals surface area contributed by atoms with Gasteiger partial charge in [-0.3, -0.25) is 9.47 Å². The van der Waals surface area contributed by atoms with Crippen molar-refractivity contribution in [1.82, 2.24) is 14.5 Å². The number of nitrogen functional groups attached to an aromatic ring is 1. The highest BCUT2D eigenvalue weighted by Crippen LogP contribution is 2.51. The summed E-state index contributed by atoms with van der Waals surface area (Å²) >= 11 is 0. The smallest absolute Gasteiger partial charge is 0.354 e. The van der Waals surface area contributed by atoms with Crippen molar-refractivity contribution >= 4 is 5.82 Å². The number of hydrogen-bond acceptors (Lipinski definition) is 6. The van der Waals surface area contributed by atoms with Crippen molar-refractivity contribution < 1.29 is 4.74 Å². The van der Waals surface area contributed by atoms with Gasteiger partial charge in [0.25, 0.3) is 0 Å². The Kier molecular flexibility index (Phi) is 3.55. The predicted molar refractivity (Wildman–Crippen MR) is 98.3 cm³/mol. The van der Waals surface area contributed by atoms with Crippen LogP contribution in [-0.4, -0.2) is 46.7 Å². The van der Waals surface area contributed by atoms with Crippen LogP contribution in [0.5, 0.6) is 5.75 Å². The molecule has 5 rings (SSSR count). The molecule has 136 valence electrons. The van der Waals surface area contributed by atoms with Crippen molar-refractivity contribution in [2.24, 2.45) is 23.5 Å². The summed E-state index contributed by atoms with van der Waals surface area (Å²) in [6, 6.07) is 7.96. The van der Waals surface area contributed by atoms with Gasteiger partial charge in [-0.15, -0.1) is 0 Å². The molecule has 26 heavy (non-hydrogen) atoms. The van der Waals surface area contributed by atoms with Gasteiger partial charge in [-0.1, -0.05) is 6.07 Å².